The molecular formula is C14H18O4. The number of allylic oxidation sites excluding steroid dienone is 2. The Labute approximate surface area is 106 Å². The molecule has 0 bridgehead atoms. The van der Waals surface area contributed by atoms with Gasteiger partial charge in [-0.2, -0.15) is 0 Å². The van der Waals surface area contributed by atoms with Crippen molar-refractivity contribution in [2.24, 2.45) is 5.41 Å². The molecule has 98 valence electrons. The normalized spacial score (nSPS) is 36.8. The smallest absolute Gasteiger partial charge is 0.184 e. The number of rotatable bonds is 0. The van der Waals surface area contributed by atoms with E-state index in [1.807, 2.05) is 0 Å². The molecule has 0 aromatic rings. The Balaban J connectivity index is 2.08. The first-order chi connectivity index (χ1) is 8.61. The van der Waals surface area contributed by atoms with Crippen LogP contribution in [-0.4, -0.2) is 29.9 Å². The zero-order valence-electron chi connectivity index (χ0n) is 10.6. The van der Waals surface area contributed by atoms with Crippen molar-refractivity contribution in [1.29, 1.82) is 0 Å². The van der Waals surface area contributed by atoms with E-state index in [1.54, 1.807) is 6.08 Å². The SMILES string of the molecule is C[C@]12C/C(=C/O)C(=O)C=C1CCCC21OCCO1. The summed E-state index contributed by atoms with van der Waals surface area (Å²) in [6.07, 6.45) is 5.83. The van der Waals surface area contributed by atoms with E-state index in [1.165, 1.54) is 0 Å². The summed E-state index contributed by atoms with van der Waals surface area (Å²) >= 11 is 0. The highest BCUT2D eigenvalue weighted by molar-refractivity contribution is 6.05. The highest BCUT2D eigenvalue weighted by Crippen LogP contribution is 2.56. The quantitative estimate of drug-likeness (QED) is 0.529. The van der Waals surface area contributed by atoms with Crippen LogP contribution in [0.15, 0.2) is 23.5 Å². The van der Waals surface area contributed by atoms with Crippen LogP contribution in [-0.2, 0) is 14.3 Å². The molecule has 4 nitrogen and oxygen atoms in total. The van der Waals surface area contributed by atoms with E-state index in [-0.39, 0.29) is 11.2 Å². The van der Waals surface area contributed by atoms with E-state index in [0.29, 0.717) is 25.2 Å². The summed E-state index contributed by atoms with van der Waals surface area (Å²) in [6.45, 7) is 3.29. The summed E-state index contributed by atoms with van der Waals surface area (Å²) in [5.41, 5.74) is 1.22. The molecule has 1 spiro atoms. The Morgan fingerprint density at radius 2 is 2.11 bits per heavy atom. The average Bonchev–Trinajstić information content (AvgIpc) is 2.82. The Hall–Kier alpha value is -1.13. The van der Waals surface area contributed by atoms with Gasteiger partial charge in [-0.05, 0) is 25.3 Å². The van der Waals surface area contributed by atoms with Crippen molar-refractivity contribution in [1.82, 2.24) is 0 Å². The molecule has 0 radical (unpaired) electrons. The number of aliphatic hydroxyl groups excluding tert-OH is 1. The molecule has 1 saturated carbocycles. The maximum atomic E-state index is 11.8. The largest absolute Gasteiger partial charge is 0.515 e. The van der Waals surface area contributed by atoms with E-state index in [4.69, 9.17) is 9.47 Å². The number of carbonyl (C=O) groups is 1. The van der Waals surface area contributed by atoms with Crippen LogP contribution < -0.4 is 0 Å². The van der Waals surface area contributed by atoms with Gasteiger partial charge < -0.3 is 14.6 Å². The lowest BCUT2D eigenvalue weighted by Crippen LogP contribution is -2.53. The van der Waals surface area contributed by atoms with Crippen LogP contribution in [0.4, 0.5) is 0 Å². The molecule has 0 aromatic carbocycles. The lowest BCUT2D eigenvalue weighted by molar-refractivity contribution is -0.234. The van der Waals surface area contributed by atoms with E-state index in [9.17, 15) is 9.90 Å². The standard InChI is InChI=1S/C14H18O4/c1-13-8-10(9-15)12(16)7-11(13)3-2-4-14(13)17-5-6-18-14/h7,9,15H,2-6,8H2,1H3/b10-9-/t13-/m0/s1. The van der Waals surface area contributed by atoms with Crippen molar-refractivity contribution in [3.8, 4) is 0 Å². The molecule has 1 heterocycles. The molecule has 1 saturated heterocycles. The van der Waals surface area contributed by atoms with Crippen molar-refractivity contribution < 1.29 is 19.4 Å². The van der Waals surface area contributed by atoms with Crippen LogP contribution in [0.5, 0.6) is 0 Å². The first-order valence-electron chi connectivity index (χ1n) is 6.48. The van der Waals surface area contributed by atoms with Gasteiger partial charge in [-0.15, -0.1) is 0 Å². The highest BCUT2D eigenvalue weighted by Gasteiger charge is 2.58. The van der Waals surface area contributed by atoms with Gasteiger partial charge in [0.2, 0.25) is 0 Å². The molecular weight excluding hydrogens is 232 g/mol. The number of aliphatic hydroxyl groups is 1. The third kappa shape index (κ3) is 1.42. The van der Waals surface area contributed by atoms with Crippen LogP contribution in [0.25, 0.3) is 0 Å². The number of fused-ring (bicyclic) bond motifs is 2. The minimum Gasteiger partial charge on any atom is -0.515 e. The van der Waals surface area contributed by atoms with E-state index in [0.717, 1.165) is 31.1 Å². The fourth-order valence-electron chi connectivity index (χ4n) is 3.53. The highest BCUT2D eigenvalue weighted by atomic mass is 16.7. The van der Waals surface area contributed by atoms with Crippen LogP contribution in [0.1, 0.15) is 32.6 Å². The summed E-state index contributed by atoms with van der Waals surface area (Å²) in [5.74, 6) is -0.688. The summed E-state index contributed by atoms with van der Waals surface area (Å²) in [5, 5.41) is 9.20. The van der Waals surface area contributed by atoms with Crippen molar-refractivity contribution in [2.45, 2.75) is 38.4 Å². The van der Waals surface area contributed by atoms with Crippen LogP contribution >= 0.6 is 0 Å². The first-order valence-corrected chi connectivity index (χ1v) is 6.48. The summed E-state index contributed by atoms with van der Waals surface area (Å²) in [4.78, 5) is 11.8. The van der Waals surface area contributed by atoms with Gasteiger partial charge in [0, 0.05) is 17.4 Å². The second-order valence-electron chi connectivity index (χ2n) is 5.50. The number of hydrogen-bond acceptors (Lipinski definition) is 4. The topological polar surface area (TPSA) is 55.8 Å². The molecule has 0 amide bonds. The zero-order valence-corrected chi connectivity index (χ0v) is 10.6. The van der Waals surface area contributed by atoms with Crippen molar-refractivity contribution in [2.75, 3.05) is 13.2 Å². The van der Waals surface area contributed by atoms with Gasteiger partial charge in [0.15, 0.2) is 11.6 Å². The van der Waals surface area contributed by atoms with Gasteiger partial charge in [0.25, 0.3) is 0 Å². The maximum Gasteiger partial charge on any atom is 0.184 e. The van der Waals surface area contributed by atoms with E-state index >= 15 is 0 Å². The molecule has 2 aliphatic carbocycles. The van der Waals surface area contributed by atoms with E-state index in [2.05, 4.69) is 6.92 Å². The Morgan fingerprint density at radius 1 is 1.39 bits per heavy atom. The van der Waals surface area contributed by atoms with Gasteiger partial charge in [0.05, 0.1) is 19.5 Å². The molecule has 3 rings (SSSR count). The van der Waals surface area contributed by atoms with Crippen LogP contribution in [0.2, 0.25) is 0 Å². The minimum absolute atomic E-state index is 0.0833. The maximum absolute atomic E-state index is 11.8. The molecule has 1 N–H and O–H groups in total. The van der Waals surface area contributed by atoms with Gasteiger partial charge >= 0.3 is 0 Å². The van der Waals surface area contributed by atoms with Gasteiger partial charge in [-0.3, -0.25) is 4.79 Å². The fourth-order valence-corrected chi connectivity index (χ4v) is 3.53. The molecule has 2 fully saturated rings. The third-order valence-corrected chi connectivity index (χ3v) is 4.58. The summed E-state index contributed by atoms with van der Waals surface area (Å²) in [7, 11) is 0. The molecule has 0 aromatic heterocycles. The Morgan fingerprint density at radius 3 is 2.78 bits per heavy atom. The van der Waals surface area contributed by atoms with Crippen molar-refractivity contribution >= 4 is 5.78 Å². The second kappa shape index (κ2) is 3.93. The first kappa shape index (κ1) is 11.9. The minimum atomic E-state index is -0.605. The predicted molar refractivity (Wildman–Crippen MR) is 65.0 cm³/mol. The molecule has 0 unspecified atom stereocenters. The number of ether oxygens (including phenoxy) is 2. The lowest BCUT2D eigenvalue weighted by atomic mass is 9.61. The van der Waals surface area contributed by atoms with Crippen LogP contribution in [0, 0.1) is 5.41 Å². The Kier molecular flexibility index (Phi) is 2.61. The molecule has 18 heavy (non-hydrogen) atoms. The molecule has 4 heteroatoms. The predicted octanol–water partition coefficient (Wildman–Crippen LogP) is 2.26. The van der Waals surface area contributed by atoms with Crippen molar-refractivity contribution in [3.05, 3.63) is 23.5 Å². The summed E-state index contributed by atoms with van der Waals surface area (Å²) in [6, 6.07) is 0. The van der Waals surface area contributed by atoms with Crippen molar-refractivity contribution in [3.63, 3.8) is 0 Å². The van der Waals surface area contributed by atoms with Gasteiger partial charge in [-0.25, -0.2) is 0 Å². The summed E-state index contributed by atoms with van der Waals surface area (Å²) < 4.78 is 11.8. The van der Waals surface area contributed by atoms with Gasteiger partial charge in [-0.1, -0.05) is 12.5 Å². The zero-order chi connectivity index (χ0) is 12.8. The number of hydrogen-bond donors (Lipinski definition) is 1. The van der Waals surface area contributed by atoms with E-state index < -0.39 is 5.79 Å². The molecule has 1 aliphatic heterocycles. The van der Waals surface area contributed by atoms with Crippen LogP contribution in [0.3, 0.4) is 0 Å². The molecule has 3 aliphatic rings. The second-order valence-corrected chi connectivity index (χ2v) is 5.50. The average molecular weight is 250 g/mol. The number of ketones is 1. The lowest BCUT2D eigenvalue weighted by Gasteiger charge is -2.51. The monoisotopic (exact) mass is 250 g/mol. The fraction of sp³-hybridized carbons (Fsp3) is 0.643. The third-order valence-electron chi connectivity index (χ3n) is 4.58. The Bertz CT molecular complexity index is 443. The molecule has 1 atom stereocenters. The van der Waals surface area contributed by atoms with Gasteiger partial charge in [0.1, 0.15) is 0 Å². The number of carbonyl (C=O) groups excluding carboxylic acids is 1.